The van der Waals surface area contributed by atoms with Crippen LogP contribution in [0.25, 0.3) is 0 Å². The molecule has 11 heteroatoms. The number of nitrogens with one attached hydrogen (secondary N) is 1. The maximum atomic E-state index is 13.6. The van der Waals surface area contributed by atoms with E-state index >= 15 is 0 Å². The molecule has 0 unspecified atom stereocenters. The average molecular weight is 605 g/mol. The summed E-state index contributed by atoms with van der Waals surface area (Å²) in [6.45, 7) is 4.00. The van der Waals surface area contributed by atoms with E-state index in [0.29, 0.717) is 12.3 Å². The number of rotatable bonds is 9. The molecule has 2 heterocycles. The van der Waals surface area contributed by atoms with Gasteiger partial charge >= 0.3 is 5.97 Å². The van der Waals surface area contributed by atoms with Crippen LogP contribution >= 0.6 is 0 Å². The minimum atomic E-state index is -4.15. The molecule has 2 aromatic carbocycles. The first-order valence-corrected chi connectivity index (χ1v) is 15.9. The summed E-state index contributed by atoms with van der Waals surface area (Å²) in [7, 11) is -4.15. The van der Waals surface area contributed by atoms with Crippen LogP contribution in [-0.4, -0.2) is 61.8 Å². The largest absolute Gasteiger partial charge is 0.511 e. The van der Waals surface area contributed by atoms with Gasteiger partial charge in [-0.05, 0) is 56.6 Å². The predicted molar refractivity (Wildman–Crippen MR) is 163 cm³/mol. The molecule has 2 aliphatic heterocycles. The van der Waals surface area contributed by atoms with Crippen molar-refractivity contribution in [3.05, 3.63) is 101 Å². The second kappa shape index (κ2) is 13.1. The van der Waals surface area contributed by atoms with Crippen LogP contribution in [0.5, 0.6) is 0 Å². The van der Waals surface area contributed by atoms with Crippen molar-refractivity contribution in [2.24, 2.45) is 22.1 Å². The highest BCUT2D eigenvalue weighted by Gasteiger charge is 2.43. The number of fused-ring (bicyclic) bond motifs is 1. The normalized spacial score (nSPS) is 22.5. The minimum Gasteiger partial charge on any atom is -0.511 e. The van der Waals surface area contributed by atoms with Crippen molar-refractivity contribution in [1.82, 2.24) is 10.3 Å². The number of sulfonamides is 1. The topological polar surface area (TPSA) is 151 Å². The van der Waals surface area contributed by atoms with Crippen LogP contribution in [0.1, 0.15) is 48.0 Å². The zero-order valence-corrected chi connectivity index (χ0v) is 24.7. The number of amides is 1. The molecule has 43 heavy (non-hydrogen) atoms. The number of ether oxygens (including phenoxy) is 1. The number of nitrogens with two attached hydrogens (primary N) is 1. The van der Waals surface area contributed by atoms with Crippen LogP contribution < -0.4 is 10.6 Å². The number of benzene rings is 2. The fourth-order valence-electron chi connectivity index (χ4n) is 6.05. The minimum absolute atomic E-state index is 0.0433. The fourth-order valence-corrected chi connectivity index (χ4v) is 6.78. The van der Waals surface area contributed by atoms with Crippen LogP contribution in [0.2, 0.25) is 0 Å². The van der Waals surface area contributed by atoms with Crippen molar-refractivity contribution >= 4 is 27.6 Å². The zero-order valence-electron chi connectivity index (χ0n) is 23.9. The molecule has 1 amide bonds. The monoisotopic (exact) mass is 604 g/mol. The SMILES string of the molecule is C/C(=N\NC(=O)c1ccccc1S(N)(=O)=O)[C@H](CN1CCCCC1)[C@H](C1=C(O)[C@@H]2C=CC=C[C@@H]2OC1=O)c1ccccc1. The Morgan fingerprint density at radius 2 is 1.74 bits per heavy atom. The van der Waals surface area contributed by atoms with Crippen LogP contribution in [-0.2, 0) is 19.6 Å². The van der Waals surface area contributed by atoms with Gasteiger partial charge in [-0.2, -0.15) is 5.10 Å². The van der Waals surface area contributed by atoms with E-state index in [0.717, 1.165) is 37.9 Å². The van der Waals surface area contributed by atoms with Gasteiger partial charge in [0.15, 0.2) is 0 Å². The third-order valence-electron chi connectivity index (χ3n) is 8.22. The van der Waals surface area contributed by atoms with E-state index in [9.17, 15) is 23.1 Å². The molecule has 0 aromatic heterocycles. The number of allylic oxidation sites excluding steroid dienone is 2. The molecule has 4 N–H and O–H groups in total. The van der Waals surface area contributed by atoms with Crippen LogP contribution in [0.15, 0.2) is 100 Å². The summed E-state index contributed by atoms with van der Waals surface area (Å²) < 4.78 is 30.0. The Hall–Kier alpha value is -4.06. The Bertz CT molecular complexity index is 1590. The molecule has 2 aromatic rings. The molecule has 5 rings (SSSR count). The number of carbonyl (C=O) groups is 2. The number of carbonyl (C=O) groups excluding carboxylic acids is 2. The third-order valence-corrected chi connectivity index (χ3v) is 9.19. The molecule has 0 spiro atoms. The quantitative estimate of drug-likeness (QED) is 0.224. The molecule has 10 nitrogen and oxygen atoms in total. The van der Waals surface area contributed by atoms with Gasteiger partial charge in [0.05, 0.1) is 21.9 Å². The van der Waals surface area contributed by atoms with Gasteiger partial charge in [0.25, 0.3) is 5.91 Å². The highest BCUT2D eigenvalue weighted by atomic mass is 32.2. The summed E-state index contributed by atoms with van der Waals surface area (Å²) in [5, 5.41) is 21.3. The van der Waals surface area contributed by atoms with Crippen molar-refractivity contribution in [3.8, 4) is 0 Å². The summed E-state index contributed by atoms with van der Waals surface area (Å²) in [6, 6.07) is 15.1. The number of esters is 1. The number of hydrogen-bond acceptors (Lipinski definition) is 8. The van der Waals surface area contributed by atoms with E-state index < -0.39 is 45.8 Å². The summed E-state index contributed by atoms with van der Waals surface area (Å²) in [6.07, 6.45) is 9.79. The van der Waals surface area contributed by atoms with E-state index in [1.54, 1.807) is 19.1 Å². The number of aliphatic hydroxyl groups excluding tert-OH is 1. The lowest BCUT2D eigenvalue weighted by Gasteiger charge is -2.38. The van der Waals surface area contributed by atoms with Gasteiger partial charge in [-0.1, -0.05) is 67.1 Å². The number of piperidine rings is 1. The smallest absolute Gasteiger partial charge is 0.338 e. The maximum Gasteiger partial charge on any atom is 0.338 e. The lowest BCUT2D eigenvalue weighted by atomic mass is 9.74. The zero-order chi connectivity index (χ0) is 30.6. The number of aliphatic hydroxyl groups is 1. The summed E-state index contributed by atoms with van der Waals surface area (Å²) in [5.41, 5.74) is 3.82. The Kier molecular flexibility index (Phi) is 9.24. The second-order valence-electron chi connectivity index (χ2n) is 11.1. The Balaban J connectivity index is 1.57. The predicted octanol–water partition coefficient (Wildman–Crippen LogP) is 3.81. The van der Waals surface area contributed by atoms with Crippen LogP contribution in [0, 0.1) is 11.8 Å². The summed E-state index contributed by atoms with van der Waals surface area (Å²) in [5.74, 6) is -3.00. The summed E-state index contributed by atoms with van der Waals surface area (Å²) in [4.78, 5) is 28.7. The van der Waals surface area contributed by atoms with Crippen molar-refractivity contribution in [1.29, 1.82) is 0 Å². The molecule has 0 radical (unpaired) electrons. The van der Waals surface area contributed by atoms with Crippen molar-refractivity contribution in [2.75, 3.05) is 19.6 Å². The average Bonchev–Trinajstić information content (AvgIpc) is 3.01. The van der Waals surface area contributed by atoms with Gasteiger partial charge in [-0.15, -0.1) is 0 Å². The first kappa shape index (κ1) is 30.4. The van der Waals surface area contributed by atoms with Crippen molar-refractivity contribution in [3.63, 3.8) is 0 Å². The van der Waals surface area contributed by atoms with Crippen LogP contribution in [0.3, 0.4) is 0 Å². The third kappa shape index (κ3) is 6.79. The second-order valence-corrected chi connectivity index (χ2v) is 12.6. The Labute approximate surface area is 251 Å². The van der Waals surface area contributed by atoms with Gasteiger partial charge in [-0.3, -0.25) is 4.79 Å². The molecule has 1 saturated heterocycles. The molecule has 1 aliphatic carbocycles. The standard InChI is InChI=1S/C32H36N4O6S/c1-21(34-35-31(38)24-15-7-9-17-27(24)43(33,40)41)25(20-36-18-10-3-11-19-36)28(22-12-4-2-5-13-22)29-30(37)23-14-6-8-16-26(23)42-32(29)39/h2,4-9,12-17,23,25-26,28,37H,3,10-11,18-20H2,1H3,(H,35,38)(H2,33,40,41)/b34-21+/t23-,25+,26+,28-/m1/s1. The molecule has 4 atom stereocenters. The van der Waals surface area contributed by atoms with Crippen LogP contribution in [0.4, 0.5) is 0 Å². The van der Waals surface area contributed by atoms with E-state index in [1.165, 1.54) is 24.3 Å². The number of likely N-dealkylation sites (tertiary alicyclic amines) is 1. The Morgan fingerprint density at radius 1 is 1.07 bits per heavy atom. The number of primary sulfonamides is 1. The molecule has 0 saturated carbocycles. The number of hydrazone groups is 1. The first-order chi connectivity index (χ1) is 20.6. The lowest BCUT2D eigenvalue weighted by molar-refractivity contribution is -0.146. The van der Waals surface area contributed by atoms with Gasteiger partial charge in [0.1, 0.15) is 11.9 Å². The Morgan fingerprint density at radius 3 is 2.47 bits per heavy atom. The van der Waals surface area contributed by atoms with E-state index in [4.69, 9.17) is 9.88 Å². The first-order valence-electron chi connectivity index (χ1n) is 14.4. The number of hydrogen-bond donors (Lipinski definition) is 3. The molecule has 3 aliphatic rings. The summed E-state index contributed by atoms with van der Waals surface area (Å²) >= 11 is 0. The molecule has 1 fully saturated rings. The lowest BCUT2D eigenvalue weighted by Crippen LogP contribution is -2.43. The maximum absolute atomic E-state index is 13.6. The van der Waals surface area contributed by atoms with Gasteiger partial charge in [0, 0.05) is 24.1 Å². The van der Waals surface area contributed by atoms with Gasteiger partial charge in [0.2, 0.25) is 10.0 Å². The van der Waals surface area contributed by atoms with E-state index in [2.05, 4.69) is 15.4 Å². The van der Waals surface area contributed by atoms with Crippen molar-refractivity contribution < 1.29 is 27.9 Å². The highest BCUT2D eigenvalue weighted by Crippen LogP contribution is 2.42. The highest BCUT2D eigenvalue weighted by molar-refractivity contribution is 7.89. The fraction of sp³-hybridized carbons (Fsp3) is 0.344. The molecule has 0 bridgehead atoms. The molecular formula is C32H36N4O6S. The van der Waals surface area contributed by atoms with Gasteiger partial charge < -0.3 is 14.7 Å². The molecular weight excluding hydrogens is 568 g/mol. The van der Waals surface area contributed by atoms with Gasteiger partial charge in [-0.25, -0.2) is 23.8 Å². The van der Waals surface area contributed by atoms with E-state index in [1.807, 2.05) is 42.5 Å². The molecule has 226 valence electrons. The van der Waals surface area contributed by atoms with E-state index in [-0.39, 0.29) is 21.8 Å². The van der Waals surface area contributed by atoms with Crippen molar-refractivity contribution in [2.45, 2.75) is 43.1 Å². The number of nitrogens with zero attached hydrogens (tertiary/aromatic N) is 2.